The number of hydrogen-bond donors (Lipinski definition) is 4. The van der Waals surface area contributed by atoms with Gasteiger partial charge in [-0.25, -0.2) is 18.1 Å². The van der Waals surface area contributed by atoms with E-state index < -0.39 is 37.0 Å². The summed E-state index contributed by atoms with van der Waals surface area (Å²) in [4.78, 5) is 51.4. The summed E-state index contributed by atoms with van der Waals surface area (Å²) in [6.45, 7) is 14.0. The number of fused-ring (bicyclic) bond motifs is 3. The van der Waals surface area contributed by atoms with Gasteiger partial charge in [0.1, 0.15) is 23.1 Å². The van der Waals surface area contributed by atoms with Crippen molar-refractivity contribution in [1.82, 2.24) is 29.5 Å². The summed E-state index contributed by atoms with van der Waals surface area (Å²) in [5.74, 6) is 1.25. The maximum atomic E-state index is 14.9. The Morgan fingerprint density at radius 1 is 0.895 bits per heavy atom. The highest BCUT2D eigenvalue weighted by molar-refractivity contribution is 7.90. The Bertz CT molecular complexity index is 3590. The number of pyridine rings is 2. The SMILES string of the molecule is COc1cc(CN2CCN(C3CC4(CCN(c5ccc(C(=O)NS(=O)(=O)c6ccc(NCC7CCC(C)(O)CC7)c([N+](=O)[O-])c6)c(N6C[C@@H]7COCC[C@H]7Oc7nc8[nH]ccc8cc76)c5)CC4)C3)[C@H](c3ccccc3C)C2)cnc1N1CCOCC1. The number of methoxy groups -OCH3 is 1. The van der Waals surface area contributed by atoms with Gasteiger partial charge in [-0.15, -0.1) is 0 Å². The number of nitrogens with zero attached hydrogens (tertiary/aromatic N) is 8. The highest BCUT2D eigenvalue weighted by Crippen LogP contribution is 2.54. The van der Waals surface area contributed by atoms with Crippen LogP contribution >= 0.6 is 0 Å². The van der Waals surface area contributed by atoms with Crippen LogP contribution in [0, 0.1) is 34.3 Å². The third-order valence-electron chi connectivity index (χ3n) is 19.7. The van der Waals surface area contributed by atoms with Crippen LogP contribution < -0.4 is 34.2 Å². The topological polar surface area (TPSA) is 233 Å². The van der Waals surface area contributed by atoms with Crippen LogP contribution in [0.1, 0.15) is 97.8 Å². The zero-order valence-electron chi connectivity index (χ0n) is 49.4. The molecule has 1 amide bonds. The number of benzene rings is 3. The van der Waals surface area contributed by atoms with E-state index in [1.165, 1.54) is 23.3 Å². The molecule has 13 rings (SSSR count). The number of aryl methyl sites for hydroxylation is 1. The van der Waals surface area contributed by atoms with Crippen molar-refractivity contribution in [3.63, 3.8) is 0 Å². The summed E-state index contributed by atoms with van der Waals surface area (Å²) in [6.07, 6.45) is 11.3. The quantitative estimate of drug-likeness (QED) is 0.0556. The second-order valence-corrected chi connectivity index (χ2v) is 27.1. The number of carbonyl (C=O) groups excluding carboxylic acids is 1. The van der Waals surface area contributed by atoms with Crippen molar-refractivity contribution in [2.75, 3.05) is 112 Å². The second kappa shape index (κ2) is 23.9. The van der Waals surface area contributed by atoms with E-state index in [1.807, 2.05) is 48.5 Å². The summed E-state index contributed by atoms with van der Waals surface area (Å²) in [6, 6.07) is 24.8. The van der Waals surface area contributed by atoms with Gasteiger partial charge in [-0.05, 0) is 142 Å². The van der Waals surface area contributed by atoms with Crippen molar-refractivity contribution in [2.24, 2.45) is 17.3 Å². The van der Waals surface area contributed by atoms with Crippen molar-refractivity contribution in [3.05, 3.63) is 124 Å². The fourth-order valence-corrected chi connectivity index (χ4v) is 15.6. The Balaban J connectivity index is 0.738. The minimum atomic E-state index is -4.65. The molecule has 0 unspecified atom stereocenters. The number of rotatable bonds is 15. The molecule has 456 valence electrons. The van der Waals surface area contributed by atoms with E-state index in [2.05, 4.69) is 71.9 Å². The van der Waals surface area contributed by atoms with Crippen LogP contribution in [0.25, 0.3) is 11.0 Å². The van der Waals surface area contributed by atoms with Gasteiger partial charge in [0.15, 0.2) is 11.6 Å². The molecule has 3 aromatic carbocycles. The van der Waals surface area contributed by atoms with Gasteiger partial charge in [-0.2, -0.15) is 4.98 Å². The number of aliphatic hydroxyl groups is 1. The van der Waals surface area contributed by atoms with Gasteiger partial charge >= 0.3 is 0 Å². The minimum Gasteiger partial charge on any atom is -0.493 e. The molecule has 6 fully saturated rings. The first kappa shape index (κ1) is 58.0. The molecular formula is C64H79N11O10S. The molecule has 6 aromatic rings. The predicted octanol–water partition coefficient (Wildman–Crippen LogP) is 8.74. The number of nitro benzene ring substituents is 1. The van der Waals surface area contributed by atoms with Gasteiger partial charge in [-0.1, -0.05) is 24.3 Å². The minimum absolute atomic E-state index is 0.101. The lowest BCUT2D eigenvalue weighted by atomic mass is 9.59. The van der Waals surface area contributed by atoms with Gasteiger partial charge in [0.25, 0.3) is 21.6 Å². The monoisotopic (exact) mass is 1190 g/mol. The standard InChI is InChI=1S/C64H79N11O10S/c1-42-6-4-5-7-50(42)56-40-70(38-44-30-58(82-3)60(67-37-44)72-25-28-83-29-26-72)23-24-73(56)48-34-64(35-48)18-21-71(22-19-64)47-8-10-51(53(32-47)74-39-46-41-84-27-15-57(46)85-62-55(74)31-45-14-20-65-59(45)68-62)61(76)69-86(80,81)49-9-11-52(54(33-49)75(78)79)66-36-43-12-16-63(2,77)17-13-43/h4-11,14,20,30-33,37,43,46,48,56-57,66,77H,12-13,15-19,21-29,34-36,38-41H2,1-3H3,(H,65,68)(H,69,76)/t43?,46-,56+,57-,63?/m1/s1. The van der Waals surface area contributed by atoms with Gasteiger partial charge < -0.3 is 49.1 Å². The zero-order valence-corrected chi connectivity index (χ0v) is 50.2. The lowest BCUT2D eigenvalue weighted by molar-refractivity contribution is -0.384. The number of nitrogens with one attached hydrogen (secondary N) is 3. The Morgan fingerprint density at radius 2 is 1.70 bits per heavy atom. The number of ether oxygens (including phenoxy) is 4. The summed E-state index contributed by atoms with van der Waals surface area (Å²) in [5, 5.41) is 26.9. The second-order valence-electron chi connectivity index (χ2n) is 25.4. The predicted molar refractivity (Wildman–Crippen MR) is 328 cm³/mol. The first-order valence-corrected chi connectivity index (χ1v) is 32.2. The van der Waals surface area contributed by atoms with Crippen LogP contribution in [0.15, 0.2) is 96.2 Å². The van der Waals surface area contributed by atoms with E-state index >= 15 is 0 Å². The highest BCUT2D eigenvalue weighted by Gasteiger charge is 2.50. The fraction of sp³-hybridized carbons (Fsp3) is 0.516. The van der Waals surface area contributed by atoms with Crippen molar-refractivity contribution >= 4 is 61.2 Å². The lowest BCUT2D eigenvalue weighted by Gasteiger charge is -2.58. The number of H-pyrrole nitrogens is 1. The van der Waals surface area contributed by atoms with Crippen LogP contribution in [0.3, 0.4) is 0 Å². The smallest absolute Gasteiger partial charge is 0.293 e. The van der Waals surface area contributed by atoms with E-state index in [0.717, 1.165) is 125 Å². The molecule has 2 aliphatic carbocycles. The fourth-order valence-electron chi connectivity index (χ4n) is 14.6. The molecule has 3 atom stereocenters. The highest BCUT2D eigenvalue weighted by atomic mass is 32.2. The Morgan fingerprint density at radius 3 is 2.48 bits per heavy atom. The van der Waals surface area contributed by atoms with Gasteiger partial charge in [0, 0.05) is 119 Å². The Kier molecular flexibility index (Phi) is 16.1. The number of sulfonamides is 1. The van der Waals surface area contributed by atoms with Gasteiger partial charge in [0.2, 0.25) is 5.88 Å². The zero-order chi connectivity index (χ0) is 59.3. The van der Waals surface area contributed by atoms with Crippen molar-refractivity contribution in [3.8, 4) is 11.6 Å². The lowest BCUT2D eigenvalue weighted by Crippen LogP contribution is -2.59. The molecule has 0 bridgehead atoms. The number of anilines is 5. The molecule has 21 nitrogen and oxygen atoms in total. The van der Waals surface area contributed by atoms with Crippen LogP contribution in [0.4, 0.5) is 34.3 Å². The third kappa shape index (κ3) is 11.9. The van der Waals surface area contributed by atoms with Crippen molar-refractivity contribution in [2.45, 2.75) is 107 Å². The first-order chi connectivity index (χ1) is 41.6. The third-order valence-corrected chi connectivity index (χ3v) is 21.0. The maximum absolute atomic E-state index is 14.9. The molecule has 7 aliphatic rings. The number of piperidine rings is 1. The molecule has 3 aromatic heterocycles. The number of morpholine rings is 1. The molecule has 1 spiro atoms. The van der Waals surface area contributed by atoms with E-state index in [9.17, 15) is 28.4 Å². The number of amides is 1. The molecule has 86 heavy (non-hydrogen) atoms. The largest absolute Gasteiger partial charge is 0.493 e. The number of aromatic nitrogens is 3. The number of piperazine rings is 1. The molecule has 2 saturated carbocycles. The van der Waals surface area contributed by atoms with Crippen LogP contribution in [0.2, 0.25) is 0 Å². The van der Waals surface area contributed by atoms with E-state index in [0.29, 0.717) is 87.7 Å². The molecule has 4 N–H and O–H groups in total. The number of hydrogen-bond acceptors (Lipinski definition) is 18. The molecule has 4 saturated heterocycles. The van der Waals surface area contributed by atoms with E-state index in [4.69, 9.17) is 28.9 Å². The number of carbonyl (C=O) groups is 1. The first-order valence-electron chi connectivity index (χ1n) is 30.7. The maximum Gasteiger partial charge on any atom is 0.293 e. The molecule has 0 radical (unpaired) electrons. The molecule has 8 heterocycles. The van der Waals surface area contributed by atoms with Crippen LogP contribution in [-0.2, 0) is 26.0 Å². The van der Waals surface area contributed by atoms with Crippen LogP contribution in [-0.4, -0.2) is 159 Å². The van der Waals surface area contributed by atoms with E-state index in [-0.39, 0.29) is 40.6 Å². The van der Waals surface area contributed by atoms with E-state index in [1.54, 1.807) is 13.2 Å². The average Bonchev–Trinajstić information content (AvgIpc) is 1.44. The molecule has 22 heteroatoms. The van der Waals surface area contributed by atoms with Crippen LogP contribution in [0.5, 0.6) is 11.6 Å². The summed E-state index contributed by atoms with van der Waals surface area (Å²) < 4.78 is 55.2. The van der Waals surface area contributed by atoms with Gasteiger partial charge in [0.05, 0.1) is 60.2 Å². The van der Waals surface area contributed by atoms with Crippen molar-refractivity contribution in [1.29, 1.82) is 0 Å². The summed E-state index contributed by atoms with van der Waals surface area (Å²) >= 11 is 0. The number of aromatic amines is 1. The molecule has 5 aliphatic heterocycles. The number of nitro groups is 1. The Hall–Kier alpha value is -7.08. The summed E-state index contributed by atoms with van der Waals surface area (Å²) in [7, 11) is -2.92. The molecular weight excluding hydrogens is 1110 g/mol. The normalized spacial score (nSPS) is 24.7. The Labute approximate surface area is 502 Å². The van der Waals surface area contributed by atoms with Crippen molar-refractivity contribution < 1.29 is 42.2 Å². The van der Waals surface area contributed by atoms with Gasteiger partial charge in [-0.3, -0.25) is 24.7 Å². The summed E-state index contributed by atoms with van der Waals surface area (Å²) in [5.41, 5.74) is 5.81. The average molecular weight is 1190 g/mol.